The van der Waals surface area contributed by atoms with Crippen molar-refractivity contribution in [3.05, 3.63) is 53.6 Å². The van der Waals surface area contributed by atoms with E-state index in [4.69, 9.17) is 4.74 Å². The van der Waals surface area contributed by atoms with Crippen LogP contribution >= 0.6 is 0 Å². The molecule has 2 heterocycles. The van der Waals surface area contributed by atoms with Gasteiger partial charge in [0.2, 0.25) is 5.91 Å². The lowest BCUT2D eigenvalue weighted by Crippen LogP contribution is -2.33. The second-order valence-electron chi connectivity index (χ2n) is 8.73. The van der Waals surface area contributed by atoms with Gasteiger partial charge in [0.1, 0.15) is 17.7 Å². The van der Waals surface area contributed by atoms with Crippen molar-refractivity contribution < 1.29 is 23.1 Å². The van der Waals surface area contributed by atoms with Crippen molar-refractivity contribution in [1.29, 1.82) is 5.26 Å². The van der Waals surface area contributed by atoms with Crippen molar-refractivity contribution in [1.82, 2.24) is 10.6 Å². The van der Waals surface area contributed by atoms with Crippen LogP contribution in [0, 0.1) is 34.8 Å². The van der Waals surface area contributed by atoms with Crippen LogP contribution < -0.4 is 15.5 Å². The fourth-order valence-corrected chi connectivity index (χ4v) is 5.29. The van der Waals surface area contributed by atoms with Crippen LogP contribution in [0.5, 0.6) is 0 Å². The molecule has 5 rings (SSSR count). The first-order valence-corrected chi connectivity index (χ1v) is 10.8. The van der Waals surface area contributed by atoms with Crippen LogP contribution in [-0.4, -0.2) is 44.3 Å². The molecule has 2 aliphatic heterocycles. The van der Waals surface area contributed by atoms with Crippen LogP contribution in [0.15, 0.2) is 36.4 Å². The lowest BCUT2D eigenvalue weighted by molar-refractivity contribution is -0.119. The number of nitrogens with one attached hydrogen (secondary N) is 2. The molecule has 7 nitrogen and oxygen atoms in total. The molecule has 2 saturated heterocycles. The molecule has 3 fully saturated rings. The van der Waals surface area contributed by atoms with Gasteiger partial charge in [-0.2, -0.15) is 5.26 Å². The molecule has 2 aromatic carbocycles. The Bertz CT molecular complexity index is 1180. The maximum absolute atomic E-state index is 15.3. The molecule has 9 heteroatoms. The molecule has 2 unspecified atom stereocenters. The minimum absolute atomic E-state index is 0.000370. The van der Waals surface area contributed by atoms with Crippen LogP contribution in [0.1, 0.15) is 12.5 Å². The molecule has 3 aliphatic rings. The molecule has 2 amide bonds. The van der Waals surface area contributed by atoms with Crippen LogP contribution in [0.3, 0.4) is 0 Å². The molecule has 33 heavy (non-hydrogen) atoms. The van der Waals surface area contributed by atoms with Gasteiger partial charge in [0.05, 0.1) is 30.3 Å². The van der Waals surface area contributed by atoms with Gasteiger partial charge in [-0.25, -0.2) is 13.6 Å². The summed E-state index contributed by atoms with van der Waals surface area (Å²) in [5, 5.41) is 15.8. The molecule has 0 spiro atoms. The summed E-state index contributed by atoms with van der Waals surface area (Å²) in [6.07, 6.45) is -1.18. The molecular weight excluding hydrogens is 430 g/mol. The predicted octanol–water partition coefficient (Wildman–Crippen LogP) is 2.70. The maximum Gasteiger partial charge on any atom is 0.414 e. The summed E-state index contributed by atoms with van der Waals surface area (Å²) in [7, 11) is 0. The molecule has 170 valence electrons. The number of nitrogens with zero attached hydrogens (tertiary/aromatic N) is 2. The quantitative estimate of drug-likeness (QED) is 0.728. The number of rotatable bonds is 5. The molecule has 0 aromatic heterocycles. The van der Waals surface area contributed by atoms with E-state index in [1.54, 1.807) is 12.1 Å². The number of hydrogen-bond donors (Lipinski definition) is 2. The number of nitriles is 1. The minimum Gasteiger partial charge on any atom is -0.442 e. The number of hydrogen-bond acceptors (Lipinski definition) is 5. The fraction of sp³-hybridized carbons (Fsp3) is 0.375. The predicted molar refractivity (Wildman–Crippen MR) is 115 cm³/mol. The van der Waals surface area contributed by atoms with E-state index in [2.05, 4.69) is 16.7 Å². The van der Waals surface area contributed by atoms with E-state index in [-0.39, 0.29) is 42.0 Å². The first-order valence-electron chi connectivity index (χ1n) is 10.8. The van der Waals surface area contributed by atoms with Gasteiger partial charge < -0.3 is 15.4 Å². The lowest BCUT2D eigenvalue weighted by Gasteiger charge is -2.20. The van der Waals surface area contributed by atoms with Gasteiger partial charge in [-0.15, -0.1) is 0 Å². The van der Waals surface area contributed by atoms with Crippen molar-refractivity contribution in [2.24, 2.45) is 11.8 Å². The smallest absolute Gasteiger partial charge is 0.414 e. The zero-order chi connectivity index (χ0) is 23.3. The SMILES string of the molecule is CC(=O)NC[C@H]1CN(c2ccc(-c3cccc(F)c3C3(C#N)C4CNCC43)c(F)c2)C(=O)O1. The second kappa shape index (κ2) is 7.81. The Morgan fingerprint density at radius 1 is 1.24 bits per heavy atom. The second-order valence-corrected chi connectivity index (χ2v) is 8.73. The molecule has 1 saturated carbocycles. The fourth-order valence-electron chi connectivity index (χ4n) is 5.29. The first kappa shape index (κ1) is 21.3. The molecule has 2 N–H and O–H groups in total. The zero-order valence-corrected chi connectivity index (χ0v) is 17.9. The highest BCUT2D eigenvalue weighted by atomic mass is 19.1. The highest BCUT2D eigenvalue weighted by Gasteiger charge is 2.69. The van der Waals surface area contributed by atoms with Crippen LogP contribution in [-0.2, 0) is 14.9 Å². The van der Waals surface area contributed by atoms with Gasteiger partial charge in [0, 0.05) is 43.0 Å². The first-order chi connectivity index (χ1) is 15.9. The van der Waals surface area contributed by atoms with E-state index >= 15 is 8.78 Å². The number of carbonyl (C=O) groups is 2. The minimum atomic E-state index is -0.966. The number of fused-ring (bicyclic) bond motifs is 1. The van der Waals surface area contributed by atoms with Gasteiger partial charge in [-0.3, -0.25) is 9.69 Å². The Morgan fingerprint density at radius 3 is 2.67 bits per heavy atom. The van der Waals surface area contributed by atoms with Gasteiger partial charge in [-0.05, 0) is 29.8 Å². The summed E-state index contributed by atoms with van der Waals surface area (Å²) in [5.41, 5.74) is 0.0940. The summed E-state index contributed by atoms with van der Waals surface area (Å²) in [4.78, 5) is 24.7. The topological polar surface area (TPSA) is 94.5 Å². The van der Waals surface area contributed by atoms with E-state index in [0.717, 1.165) is 0 Å². The standard InChI is InChI=1S/C24H22F2N4O3/c1-13(31)29-8-15-11-30(23(32)33-15)14-5-6-16(21(26)7-14)17-3-2-4-20(25)22(17)24(12-27)18-9-28-10-19(18)24/h2-7,15,18-19,28H,8-11H2,1H3,(H,29,31)/t15-,18?,19?,24?/m0/s1. The third-order valence-corrected chi connectivity index (χ3v) is 6.89. The summed E-state index contributed by atoms with van der Waals surface area (Å²) in [5.74, 6) is -1.39. The molecule has 2 aromatic rings. The summed E-state index contributed by atoms with van der Waals surface area (Å²) in [6, 6.07) is 11.1. The number of carbonyl (C=O) groups excluding carboxylic acids is 2. The molecule has 0 bridgehead atoms. The lowest BCUT2D eigenvalue weighted by atomic mass is 9.85. The number of amides is 2. The third kappa shape index (κ3) is 3.33. The number of ether oxygens (including phenoxy) is 1. The Balaban J connectivity index is 1.46. The van der Waals surface area contributed by atoms with E-state index in [1.807, 2.05) is 0 Å². The summed E-state index contributed by atoms with van der Waals surface area (Å²) < 4.78 is 35.6. The van der Waals surface area contributed by atoms with Crippen LogP contribution in [0.25, 0.3) is 11.1 Å². The highest BCUT2D eigenvalue weighted by molar-refractivity contribution is 5.90. The number of piperidine rings is 1. The number of cyclic esters (lactones) is 1. The summed E-state index contributed by atoms with van der Waals surface area (Å²) >= 11 is 0. The normalized spacial score (nSPS) is 27.6. The maximum atomic E-state index is 15.3. The monoisotopic (exact) mass is 452 g/mol. The zero-order valence-electron chi connectivity index (χ0n) is 17.9. The number of anilines is 1. The molecular formula is C24H22F2N4O3. The molecule has 1 aliphatic carbocycles. The van der Waals surface area contributed by atoms with Gasteiger partial charge >= 0.3 is 6.09 Å². The third-order valence-electron chi connectivity index (χ3n) is 6.89. The van der Waals surface area contributed by atoms with Gasteiger partial charge in [0.25, 0.3) is 0 Å². The average molecular weight is 452 g/mol. The van der Waals surface area contributed by atoms with E-state index in [0.29, 0.717) is 24.3 Å². The van der Waals surface area contributed by atoms with Crippen molar-refractivity contribution in [3.8, 4) is 17.2 Å². The van der Waals surface area contributed by atoms with Crippen LogP contribution in [0.2, 0.25) is 0 Å². The van der Waals surface area contributed by atoms with Crippen molar-refractivity contribution in [2.75, 3.05) is 31.1 Å². The van der Waals surface area contributed by atoms with Gasteiger partial charge in [-0.1, -0.05) is 12.1 Å². The van der Waals surface area contributed by atoms with Crippen LogP contribution in [0.4, 0.5) is 19.3 Å². The van der Waals surface area contributed by atoms with E-state index in [1.165, 1.54) is 36.1 Å². The molecule has 0 radical (unpaired) electrons. The largest absolute Gasteiger partial charge is 0.442 e. The average Bonchev–Trinajstić information content (AvgIpc) is 3.11. The number of benzene rings is 2. The Labute approximate surface area is 189 Å². The number of halogens is 2. The van der Waals surface area contributed by atoms with Gasteiger partial charge in [0.15, 0.2) is 0 Å². The molecule has 3 atom stereocenters. The van der Waals surface area contributed by atoms with E-state index in [9.17, 15) is 14.9 Å². The van der Waals surface area contributed by atoms with Crippen molar-refractivity contribution >= 4 is 17.7 Å². The Morgan fingerprint density at radius 2 is 2.00 bits per heavy atom. The highest BCUT2D eigenvalue weighted by Crippen LogP contribution is 2.63. The van der Waals surface area contributed by atoms with Crippen molar-refractivity contribution in [3.63, 3.8) is 0 Å². The van der Waals surface area contributed by atoms with Crippen molar-refractivity contribution in [2.45, 2.75) is 18.4 Å². The Kier molecular flexibility index (Phi) is 5.05. The summed E-state index contributed by atoms with van der Waals surface area (Å²) in [6.45, 7) is 2.95. The Hall–Kier alpha value is -3.51. The van der Waals surface area contributed by atoms with E-state index < -0.39 is 29.2 Å².